The number of ketones is 1. The van der Waals surface area contributed by atoms with Crippen LogP contribution in [0.5, 0.6) is 0 Å². The SMILES string of the molecule is C=C[C@H]1CCC2C3CC[C@H]4C[C@@H](O)CC[C@]4(C)C3CC[C@@]21C.CC(=O)[C@H]1CCC2C3CC[C@H]4C[C@@H](O)CC[C@]4(C)C3CC[C@@]21C. The average Bonchev–Trinajstić information content (AvgIpc) is 3.54. The summed E-state index contributed by atoms with van der Waals surface area (Å²) < 4.78 is 0. The smallest absolute Gasteiger partial charge is 0.133 e. The summed E-state index contributed by atoms with van der Waals surface area (Å²) in [6, 6.07) is 0. The van der Waals surface area contributed by atoms with Gasteiger partial charge >= 0.3 is 0 Å². The van der Waals surface area contributed by atoms with E-state index in [9.17, 15) is 15.0 Å². The molecule has 8 fully saturated rings. The summed E-state index contributed by atoms with van der Waals surface area (Å²) in [5, 5.41) is 20.2. The lowest BCUT2D eigenvalue weighted by molar-refractivity contribution is -0.138. The Hall–Kier alpha value is -0.670. The van der Waals surface area contributed by atoms with Gasteiger partial charge in [-0.25, -0.2) is 0 Å². The Labute approximate surface area is 276 Å². The second-order valence-electron chi connectivity index (χ2n) is 19.4. The molecular weight excluding hydrogens is 552 g/mol. The molecule has 0 heterocycles. The van der Waals surface area contributed by atoms with E-state index >= 15 is 0 Å². The number of rotatable bonds is 2. The van der Waals surface area contributed by atoms with E-state index in [1.807, 2.05) is 6.92 Å². The Kier molecular flexibility index (Phi) is 8.57. The van der Waals surface area contributed by atoms with Gasteiger partial charge in [-0.3, -0.25) is 4.79 Å². The number of hydrogen-bond acceptors (Lipinski definition) is 3. The molecule has 3 nitrogen and oxygen atoms in total. The highest BCUT2D eigenvalue weighted by Crippen LogP contribution is 2.69. The Bertz CT molecular complexity index is 1130. The van der Waals surface area contributed by atoms with Crippen LogP contribution in [-0.4, -0.2) is 28.2 Å². The molecule has 8 saturated carbocycles. The van der Waals surface area contributed by atoms with Crippen molar-refractivity contribution in [3.63, 3.8) is 0 Å². The maximum Gasteiger partial charge on any atom is 0.133 e. The molecule has 0 saturated heterocycles. The standard InChI is InChI=1S/C21H34O2.C21H34O/c1-13(22)17-6-7-18-16-5-4-14-12-15(23)8-10-20(14,2)19(16)9-11-21(17,18)3;1-4-14-6-8-18-17-7-5-15-13-16(22)9-11-21(15,3)19(17)10-12-20(14,18)2/h14-19,23H,4-12H2,1-3H3;4,14-19,22H,1,5-13H2,2-3H3/t14-,15-,16?,17+,18?,19?,20-,21+;14-,15-,16-,17?,18?,19?,20+,21-/m00/s1. The molecule has 2 N–H and O–H groups in total. The highest BCUT2D eigenvalue weighted by atomic mass is 16.3. The van der Waals surface area contributed by atoms with Crippen molar-refractivity contribution in [2.24, 2.45) is 80.8 Å². The normalized spacial score (nSPS) is 56.6. The van der Waals surface area contributed by atoms with E-state index in [-0.39, 0.29) is 17.6 Å². The van der Waals surface area contributed by atoms with Gasteiger partial charge in [0.2, 0.25) is 0 Å². The van der Waals surface area contributed by atoms with Crippen LogP contribution in [-0.2, 0) is 4.79 Å². The van der Waals surface area contributed by atoms with Crippen LogP contribution in [0.1, 0.15) is 150 Å². The first-order valence-corrected chi connectivity index (χ1v) is 19.8. The Morgan fingerprint density at radius 3 is 1.53 bits per heavy atom. The summed E-state index contributed by atoms with van der Waals surface area (Å²) in [6.07, 6.45) is 25.0. The lowest BCUT2D eigenvalue weighted by Gasteiger charge is -2.60. The van der Waals surface area contributed by atoms with Crippen molar-refractivity contribution in [2.45, 2.75) is 162 Å². The van der Waals surface area contributed by atoms with Gasteiger partial charge in [0, 0.05) is 5.92 Å². The van der Waals surface area contributed by atoms with E-state index < -0.39 is 0 Å². The number of carbonyl (C=O) groups excluding carboxylic acids is 1. The fourth-order valence-corrected chi connectivity index (χ4v) is 15.6. The second kappa shape index (κ2) is 11.7. The molecule has 0 radical (unpaired) electrons. The fraction of sp³-hybridized carbons (Fsp3) is 0.929. The van der Waals surface area contributed by atoms with E-state index in [1.165, 1.54) is 83.5 Å². The topological polar surface area (TPSA) is 57.5 Å². The molecule has 8 rings (SSSR count). The summed E-state index contributed by atoms with van der Waals surface area (Å²) in [5.74, 6) is 8.35. The van der Waals surface area contributed by atoms with E-state index in [0.29, 0.717) is 27.9 Å². The van der Waals surface area contributed by atoms with Crippen molar-refractivity contribution in [1.29, 1.82) is 0 Å². The predicted molar refractivity (Wildman–Crippen MR) is 183 cm³/mol. The number of Topliss-reactive ketones (excluding diaryl/α,β-unsaturated/α-hetero) is 1. The first-order valence-electron chi connectivity index (χ1n) is 19.8. The van der Waals surface area contributed by atoms with Crippen molar-refractivity contribution < 1.29 is 15.0 Å². The van der Waals surface area contributed by atoms with Crippen molar-refractivity contribution in [3.8, 4) is 0 Å². The van der Waals surface area contributed by atoms with Gasteiger partial charge in [-0.05, 0) is 197 Å². The minimum atomic E-state index is -0.0490. The minimum Gasteiger partial charge on any atom is -0.393 e. The second-order valence-corrected chi connectivity index (χ2v) is 19.4. The van der Waals surface area contributed by atoms with Crippen LogP contribution in [0.4, 0.5) is 0 Å². The maximum atomic E-state index is 12.2. The van der Waals surface area contributed by atoms with Crippen LogP contribution in [0.2, 0.25) is 0 Å². The highest BCUT2D eigenvalue weighted by Gasteiger charge is 2.62. The largest absolute Gasteiger partial charge is 0.393 e. The van der Waals surface area contributed by atoms with Crippen molar-refractivity contribution in [2.75, 3.05) is 0 Å². The van der Waals surface area contributed by atoms with Crippen molar-refractivity contribution in [1.82, 2.24) is 0 Å². The number of allylic oxidation sites excluding steroid dienone is 1. The molecule has 0 aliphatic heterocycles. The molecule has 0 bridgehead atoms. The summed E-state index contributed by atoms with van der Waals surface area (Å²) >= 11 is 0. The monoisotopic (exact) mass is 621 g/mol. The molecular formula is C42H68O3. The Balaban J connectivity index is 0.000000145. The van der Waals surface area contributed by atoms with Crippen molar-refractivity contribution in [3.05, 3.63) is 12.7 Å². The third-order valence-corrected chi connectivity index (χ3v) is 18.1. The van der Waals surface area contributed by atoms with Gasteiger partial charge in [-0.1, -0.05) is 33.8 Å². The molecule has 8 aliphatic carbocycles. The molecule has 3 heteroatoms. The Morgan fingerprint density at radius 2 is 1.02 bits per heavy atom. The molecule has 45 heavy (non-hydrogen) atoms. The van der Waals surface area contributed by atoms with Crippen LogP contribution < -0.4 is 0 Å². The summed E-state index contributed by atoms with van der Waals surface area (Å²) in [6.45, 7) is 16.1. The van der Waals surface area contributed by atoms with E-state index in [2.05, 4.69) is 40.3 Å². The minimum absolute atomic E-state index is 0.0138. The number of hydrogen-bond donors (Lipinski definition) is 2. The van der Waals surface area contributed by atoms with E-state index in [4.69, 9.17) is 0 Å². The summed E-state index contributed by atoms with van der Waals surface area (Å²) in [5.41, 5.74) is 1.80. The lowest BCUT2D eigenvalue weighted by Crippen LogP contribution is -2.54. The molecule has 0 amide bonds. The van der Waals surface area contributed by atoms with Crippen LogP contribution in [0.3, 0.4) is 0 Å². The zero-order valence-corrected chi connectivity index (χ0v) is 29.7. The third-order valence-electron chi connectivity index (χ3n) is 18.1. The van der Waals surface area contributed by atoms with Gasteiger partial charge in [-0.15, -0.1) is 6.58 Å². The predicted octanol–water partition coefficient (Wildman–Crippen LogP) is 9.79. The third kappa shape index (κ3) is 5.03. The summed E-state index contributed by atoms with van der Waals surface area (Å²) in [4.78, 5) is 12.2. The highest BCUT2D eigenvalue weighted by molar-refractivity contribution is 5.79. The summed E-state index contributed by atoms with van der Waals surface area (Å²) in [7, 11) is 0. The number of aliphatic hydroxyl groups is 2. The van der Waals surface area contributed by atoms with Gasteiger partial charge in [0.15, 0.2) is 0 Å². The first-order chi connectivity index (χ1) is 21.3. The van der Waals surface area contributed by atoms with Crippen LogP contribution >= 0.6 is 0 Å². The number of fused-ring (bicyclic) bond motifs is 10. The zero-order valence-electron chi connectivity index (χ0n) is 29.7. The van der Waals surface area contributed by atoms with Crippen molar-refractivity contribution >= 4 is 5.78 Å². The molecule has 16 atom stereocenters. The molecule has 6 unspecified atom stereocenters. The van der Waals surface area contributed by atoms with Gasteiger partial charge < -0.3 is 10.2 Å². The van der Waals surface area contributed by atoms with E-state index in [1.54, 1.807) is 0 Å². The fourth-order valence-electron chi connectivity index (χ4n) is 15.6. The number of aliphatic hydroxyl groups excluding tert-OH is 2. The van der Waals surface area contributed by atoms with Crippen LogP contribution in [0.15, 0.2) is 12.7 Å². The average molecular weight is 621 g/mol. The molecule has 0 aromatic carbocycles. The quantitative estimate of drug-likeness (QED) is 0.302. The first kappa shape index (κ1) is 32.9. The lowest BCUT2D eigenvalue weighted by atomic mass is 9.44. The van der Waals surface area contributed by atoms with Crippen LogP contribution in [0, 0.1) is 80.8 Å². The molecule has 254 valence electrons. The van der Waals surface area contributed by atoms with Gasteiger partial charge in [-0.2, -0.15) is 0 Å². The molecule has 0 aromatic rings. The molecule has 0 spiro atoms. The zero-order chi connectivity index (χ0) is 31.9. The number of carbonyl (C=O) groups is 1. The van der Waals surface area contributed by atoms with Gasteiger partial charge in [0.05, 0.1) is 12.2 Å². The maximum absolute atomic E-state index is 12.2. The molecule has 0 aromatic heterocycles. The van der Waals surface area contributed by atoms with Gasteiger partial charge in [0.25, 0.3) is 0 Å². The molecule has 8 aliphatic rings. The Morgan fingerprint density at radius 1 is 0.578 bits per heavy atom. The van der Waals surface area contributed by atoms with Gasteiger partial charge in [0.1, 0.15) is 5.78 Å². The van der Waals surface area contributed by atoms with Crippen LogP contribution in [0.25, 0.3) is 0 Å². The van der Waals surface area contributed by atoms with E-state index in [0.717, 1.165) is 85.4 Å².